The summed E-state index contributed by atoms with van der Waals surface area (Å²) >= 11 is 0. The monoisotopic (exact) mass is 392 g/mol. The summed E-state index contributed by atoms with van der Waals surface area (Å²) in [4.78, 5) is 26.7. The van der Waals surface area contributed by atoms with Gasteiger partial charge < -0.3 is 10.2 Å². The van der Waals surface area contributed by atoms with E-state index in [9.17, 15) is 9.59 Å². The molecule has 2 aromatic rings. The van der Waals surface area contributed by atoms with E-state index in [0.717, 1.165) is 16.8 Å². The van der Waals surface area contributed by atoms with Crippen molar-refractivity contribution in [1.82, 2.24) is 4.90 Å². The third kappa shape index (κ3) is 5.26. The normalized spacial score (nSPS) is 14.5. The van der Waals surface area contributed by atoms with Gasteiger partial charge in [0.2, 0.25) is 5.91 Å². The molecular formula is C25H32N2O2. The summed E-state index contributed by atoms with van der Waals surface area (Å²) in [7, 11) is 1.67. The first-order valence-corrected chi connectivity index (χ1v) is 10.6. The molecule has 1 aliphatic carbocycles. The molecule has 2 aromatic carbocycles. The lowest BCUT2D eigenvalue weighted by atomic mass is 9.84. The van der Waals surface area contributed by atoms with Crippen LogP contribution < -0.4 is 5.32 Å². The number of hydrogen-bond donors (Lipinski definition) is 1. The Kier molecular flexibility index (Phi) is 6.73. The van der Waals surface area contributed by atoms with Crippen LogP contribution >= 0.6 is 0 Å². The van der Waals surface area contributed by atoms with Crippen LogP contribution in [0.2, 0.25) is 0 Å². The van der Waals surface area contributed by atoms with Gasteiger partial charge >= 0.3 is 0 Å². The zero-order chi connectivity index (χ0) is 21.0. The van der Waals surface area contributed by atoms with Crippen LogP contribution in [0.15, 0.2) is 36.4 Å². The molecule has 4 nitrogen and oxygen atoms in total. The summed E-state index contributed by atoms with van der Waals surface area (Å²) in [6, 6.07) is 12.0. The Hall–Kier alpha value is -2.62. The van der Waals surface area contributed by atoms with Gasteiger partial charge in [-0.3, -0.25) is 9.59 Å². The van der Waals surface area contributed by atoms with E-state index < -0.39 is 0 Å². The summed E-state index contributed by atoms with van der Waals surface area (Å²) in [5.41, 5.74) is 6.01. The summed E-state index contributed by atoms with van der Waals surface area (Å²) < 4.78 is 0. The van der Waals surface area contributed by atoms with E-state index >= 15 is 0 Å². The van der Waals surface area contributed by atoms with Crippen molar-refractivity contribution in [3.8, 4) is 0 Å². The molecule has 2 amide bonds. The molecule has 1 N–H and O–H groups in total. The largest absolute Gasteiger partial charge is 0.332 e. The number of nitrogens with zero attached hydrogens (tertiary/aromatic N) is 1. The minimum atomic E-state index is -0.185. The smallest absolute Gasteiger partial charge is 0.254 e. The van der Waals surface area contributed by atoms with Crippen molar-refractivity contribution in [2.75, 3.05) is 18.9 Å². The highest BCUT2D eigenvalue weighted by atomic mass is 16.2. The number of likely N-dealkylation sites (N-methyl/N-ethyl adjacent to an activating group) is 1. The lowest BCUT2D eigenvalue weighted by Gasteiger charge is -2.22. The third-order valence-electron chi connectivity index (χ3n) is 5.90. The van der Waals surface area contributed by atoms with Gasteiger partial charge in [0.1, 0.15) is 0 Å². The highest BCUT2D eigenvalue weighted by Crippen LogP contribution is 2.32. The van der Waals surface area contributed by atoms with Gasteiger partial charge in [0.05, 0.1) is 6.54 Å². The van der Waals surface area contributed by atoms with Crippen LogP contribution in [0.1, 0.15) is 70.6 Å². The van der Waals surface area contributed by atoms with Crippen molar-refractivity contribution in [2.45, 2.75) is 58.8 Å². The second-order valence-electron chi connectivity index (χ2n) is 8.44. The molecule has 29 heavy (non-hydrogen) atoms. The number of nitrogens with one attached hydrogen (secondary N) is 1. The van der Waals surface area contributed by atoms with Crippen LogP contribution in [-0.2, 0) is 4.79 Å². The second kappa shape index (κ2) is 9.25. The molecular weight excluding hydrogens is 360 g/mol. The molecule has 3 rings (SSSR count). The zero-order valence-corrected chi connectivity index (χ0v) is 18.0. The first-order valence-electron chi connectivity index (χ1n) is 10.6. The predicted molar refractivity (Wildman–Crippen MR) is 119 cm³/mol. The average molecular weight is 393 g/mol. The van der Waals surface area contributed by atoms with E-state index in [-0.39, 0.29) is 18.4 Å². The summed E-state index contributed by atoms with van der Waals surface area (Å²) in [6.45, 7) is 6.03. The van der Waals surface area contributed by atoms with Gasteiger partial charge in [-0.1, -0.05) is 49.1 Å². The van der Waals surface area contributed by atoms with E-state index in [2.05, 4.69) is 17.4 Å². The number of aryl methyl sites for hydroxylation is 3. The Bertz CT molecular complexity index is 857. The Labute approximate surface area is 174 Å². The molecule has 154 valence electrons. The molecule has 0 heterocycles. The first-order chi connectivity index (χ1) is 13.8. The molecule has 4 heteroatoms. The molecule has 0 radical (unpaired) electrons. The zero-order valence-electron chi connectivity index (χ0n) is 18.0. The fourth-order valence-corrected chi connectivity index (χ4v) is 4.40. The van der Waals surface area contributed by atoms with E-state index in [1.165, 1.54) is 48.1 Å². The number of carbonyl (C=O) groups excluding carboxylic acids is 2. The maximum absolute atomic E-state index is 12.7. The van der Waals surface area contributed by atoms with Gasteiger partial charge in [0.25, 0.3) is 5.91 Å². The maximum atomic E-state index is 12.7. The summed E-state index contributed by atoms with van der Waals surface area (Å²) in [5.74, 6) is 0.305. The first kappa shape index (κ1) is 21.1. The highest BCUT2D eigenvalue weighted by Gasteiger charge is 2.18. The minimum absolute atomic E-state index is 0.0238. The maximum Gasteiger partial charge on any atom is 0.254 e. The van der Waals surface area contributed by atoms with Crippen molar-refractivity contribution in [3.05, 3.63) is 64.2 Å². The fourth-order valence-electron chi connectivity index (χ4n) is 4.40. The molecule has 0 aliphatic heterocycles. The lowest BCUT2D eigenvalue weighted by molar-refractivity contribution is -0.116. The highest BCUT2D eigenvalue weighted by molar-refractivity contribution is 5.99. The van der Waals surface area contributed by atoms with Crippen molar-refractivity contribution in [2.24, 2.45) is 0 Å². The number of benzene rings is 2. The van der Waals surface area contributed by atoms with Gasteiger partial charge in [-0.05, 0) is 68.4 Å². The quantitative estimate of drug-likeness (QED) is 0.744. The molecule has 1 aliphatic rings. The number of anilines is 1. The van der Waals surface area contributed by atoms with Crippen LogP contribution in [0.4, 0.5) is 5.69 Å². The van der Waals surface area contributed by atoms with Crippen molar-refractivity contribution in [1.29, 1.82) is 0 Å². The van der Waals surface area contributed by atoms with Crippen LogP contribution in [0, 0.1) is 20.8 Å². The predicted octanol–water partition coefficient (Wildman–Crippen LogP) is 5.37. The lowest BCUT2D eigenvalue weighted by Crippen LogP contribution is -2.35. The molecule has 1 fully saturated rings. The molecule has 0 bridgehead atoms. The Morgan fingerprint density at radius 1 is 0.966 bits per heavy atom. The summed E-state index contributed by atoms with van der Waals surface area (Å²) in [5, 5.41) is 2.96. The fraction of sp³-hybridized carbons (Fsp3) is 0.440. The Morgan fingerprint density at radius 3 is 2.14 bits per heavy atom. The van der Waals surface area contributed by atoms with Crippen LogP contribution in [0.3, 0.4) is 0 Å². The van der Waals surface area contributed by atoms with Crippen molar-refractivity contribution < 1.29 is 9.59 Å². The number of rotatable bonds is 5. The van der Waals surface area contributed by atoms with E-state index in [4.69, 9.17) is 0 Å². The van der Waals surface area contributed by atoms with Gasteiger partial charge in [0.15, 0.2) is 0 Å². The Morgan fingerprint density at radius 2 is 1.55 bits per heavy atom. The Balaban J connectivity index is 1.60. The number of carbonyl (C=O) groups is 2. The second-order valence-corrected chi connectivity index (χ2v) is 8.44. The van der Waals surface area contributed by atoms with Crippen LogP contribution in [0.5, 0.6) is 0 Å². The number of hydrogen-bond acceptors (Lipinski definition) is 2. The molecule has 0 atom stereocenters. The van der Waals surface area contributed by atoms with Crippen molar-refractivity contribution in [3.63, 3.8) is 0 Å². The van der Waals surface area contributed by atoms with Gasteiger partial charge in [-0.25, -0.2) is 0 Å². The SMILES string of the molecule is Cc1cc(C)c(NC(=O)CN(C)C(=O)c2ccc(C3CCCCC3)cc2)c(C)c1. The van der Waals surface area contributed by atoms with Crippen LogP contribution in [0.25, 0.3) is 0 Å². The molecule has 0 spiro atoms. The summed E-state index contributed by atoms with van der Waals surface area (Å²) in [6.07, 6.45) is 6.41. The molecule has 1 saturated carbocycles. The molecule has 0 unspecified atom stereocenters. The number of amides is 2. The van der Waals surface area contributed by atoms with E-state index in [1.54, 1.807) is 7.05 Å². The van der Waals surface area contributed by atoms with E-state index in [1.807, 2.05) is 45.0 Å². The third-order valence-corrected chi connectivity index (χ3v) is 5.90. The van der Waals surface area contributed by atoms with Crippen molar-refractivity contribution >= 4 is 17.5 Å². The molecule has 0 aromatic heterocycles. The van der Waals surface area contributed by atoms with Gasteiger partial charge in [-0.15, -0.1) is 0 Å². The van der Waals surface area contributed by atoms with Crippen LogP contribution in [-0.4, -0.2) is 30.3 Å². The topological polar surface area (TPSA) is 49.4 Å². The average Bonchev–Trinajstić information content (AvgIpc) is 2.71. The standard InChI is InChI=1S/C25H32N2O2/c1-17-14-18(2)24(19(3)15-17)26-23(28)16-27(4)25(29)22-12-10-21(11-13-22)20-8-6-5-7-9-20/h10-15,20H,5-9,16H2,1-4H3,(H,26,28). The van der Waals surface area contributed by atoms with Gasteiger partial charge in [0, 0.05) is 18.3 Å². The minimum Gasteiger partial charge on any atom is -0.332 e. The molecule has 0 saturated heterocycles. The van der Waals surface area contributed by atoms with E-state index in [0.29, 0.717) is 11.5 Å². The van der Waals surface area contributed by atoms with Gasteiger partial charge in [-0.2, -0.15) is 0 Å².